The van der Waals surface area contributed by atoms with Crippen LogP contribution in [0, 0.1) is 6.92 Å². The summed E-state index contributed by atoms with van der Waals surface area (Å²) < 4.78 is 26.5. The number of nitrogens with one attached hydrogen (secondary N) is 1. The molecule has 0 atom stereocenters. The highest BCUT2D eigenvalue weighted by molar-refractivity contribution is 7.89. The largest absolute Gasteiger partial charge is 0.351 e. The molecule has 1 aliphatic rings. The molecule has 1 aliphatic heterocycles. The van der Waals surface area contributed by atoms with Gasteiger partial charge in [-0.2, -0.15) is 0 Å². The molecule has 0 spiro atoms. The maximum Gasteiger partial charge on any atom is 0.334 e. The zero-order valence-corrected chi connectivity index (χ0v) is 15.1. The molecule has 1 fully saturated rings. The minimum atomic E-state index is -4.12. The molecule has 7 nitrogen and oxygen atoms in total. The Bertz CT molecular complexity index is 738. The summed E-state index contributed by atoms with van der Waals surface area (Å²) in [4.78, 5) is 26.2. The quantitative estimate of drug-likeness (QED) is 0.774. The van der Waals surface area contributed by atoms with Crippen LogP contribution in [0.15, 0.2) is 41.8 Å². The molecule has 0 saturated carbocycles. The van der Waals surface area contributed by atoms with Crippen molar-refractivity contribution < 1.29 is 18.0 Å². The van der Waals surface area contributed by atoms with Gasteiger partial charge < -0.3 is 10.2 Å². The van der Waals surface area contributed by atoms with Gasteiger partial charge in [0.05, 0.1) is 4.90 Å². The fraction of sp³-hybridized carbons (Fsp3) is 0.412. The van der Waals surface area contributed by atoms with Crippen molar-refractivity contribution in [2.75, 3.05) is 26.2 Å². The number of sulfonamides is 1. The third-order valence-electron chi connectivity index (χ3n) is 3.93. The molecular formula is C17H23N3O4S. The van der Waals surface area contributed by atoms with E-state index >= 15 is 0 Å². The van der Waals surface area contributed by atoms with E-state index in [1.54, 1.807) is 12.1 Å². The Morgan fingerprint density at radius 2 is 1.84 bits per heavy atom. The van der Waals surface area contributed by atoms with E-state index in [9.17, 15) is 18.0 Å². The number of nitrogens with zero attached hydrogens (tertiary/aromatic N) is 2. The molecule has 1 aromatic rings. The lowest BCUT2D eigenvalue weighted by molar-refractivity contribution is -0.120. The molecule has 136 valence electrons. The van der Waals surface area contributed by atoms with Crippen LogP contribution in [0.4, 0.5) is 4.79 Å². The number of hydrogen-bond donors (Lipinski definition) is 1. The molecular weight excluding hydrogens is 342 g/mol. The van der Waals surface area contributed by atoms with Gasteiger partial charge in [0.2, 0.25) is 5.91 Å². The molecule has 1 aromatic carbocycles. The van der Waals surface area contributed by atoms with Crippen molar-refractivity contribution in [3.05, 3.63) is 42.5 Å². The second-order valence-electron chi connectivity index (χ2n) is 5.89. The van der Waals surface area contributed by atoms with Gasteiger partial charge in [0.1, 0.15) is 6.54 Å². The highest BCUT2D eigenvalue weighted by Crippen LogP contribution is 2.20. The number of rotatable bonds is 6. The lowest BCUT2D eigenvalue weighted by Crippen LogP contribution is -2.49. The van der Waals surface area contributed by atoms with Crippen LogP contribution in [-0.4, -0.2) is 55.7 Å². The van der Waals surface area contributed by atoms with E-state index in [4.69, 9.17) is 0 Å². The molecule has 0 radical (unpaired) electrons. The number of benzene rings is 1. The molecule has 1 heterocycles. The molecule has 2 rings (SSSR count). The van der Waals surface area contributed by atoms with Crippen molar-refractivity contribution >= 4 is 22.0 Å². The fourth-order valence-electron chi connectivity index (χ4n) is 2.53. The number of amides is 3. The Kier molecular flexibility index (Phi) is 6.19. The zero-order chi connectivity index (χ0) is 18.4. The van der Waals surface area contributed by atoms with Gasteiger partial charge in [0.15, 0.2) is 0 Å². The van der Waals surface area contributed by atoms with E-state index in [0.717, 1.165) is 18.4 Å². The summed E-state index contributed by atoms with van der Waals surface area (Å²) in [7, 11) is -4.12. The molecule has 3 amide bonds. The molecule has 25 heavy (non-hydrogen) atoms. The van der Waals surface area contributed by atoms with E-state index in [2.05, 4.69) is 11.9 Å². The Morgan fingerprint density at radius 3 is 2.40 bits per heavy atom. The molecule has 1 N–H and O–H groups in total. The van der Waals surface area contributed by atoms with Crippen LogP contribution in [0.2, 0.25) is 0 Å². The predicted molar refractivity (Wildman–Crippen MR) is 94.5 cm³/mol. The summed E-state index contributed by atoms with van der Waals surface area (Å²) in [5.74, 6) is -0.553. The predicted octanol–water partition coefficient (Wildman–Crippen LogP) is 1.50. The topological polar surface area (TPSA) is 86.8 Å². The average molecular weight is 365 g/mol. The number of carbonyl (C=O) groups is 2. The summed E-state index contributed by atoms with van der Waals surface area (Å²) >= 11 is 0. The van der Waals surface area contributed by atoms with Gasteiger partial charge in [-0.3, -0.25) is 4.79 Å². The first-order valence-electron chi connectivity index (χ1n) is 8.12. The van der Waals surface area contributed by atoms with Gasteiger partial charge in [-0.1, -0.05) is 23.8 Å². The standard InChI is InChI=1S/C17H23N3O4S/c1-3-10-18-16(21)13-20(17(22)19-11-4-5-12-19)25(23,24)15-8-6-14(2)7-9-15/h3,6-9H,1,4-5,10-13H2,2H3,(H,18,21). The van der Waals surface area contributed by atoms with Crippen molar-refractivity contribution in [1.29, 1.82) is 0 Å². The molecule has 0 aliphatic carbocycles. The number of carbonyl (C=O) groups excluding carboxylic acids is 2. The maximum atomic E-state index is 12.9. The second kappa shape index (κ2) is 8.15. The number of hydrogen-bond acceptors (Lipinski definition) is 4. The minimum absolute atomic E-state index is 0.0119. The van der Waals surface area contributed by atoms with E-state index in [0.29, 0.717) is 17.4 Å². The van der Waals surface area contributed by atoms with Crippen LogP contribution in [-0.2, 0) is 14.8 Å². The third-order valence-corrected chi connectivity index (χ3v) is 5.66. The van der Waals surface area contributed by atoms with Crippen LogP contribution < -0.4 is 5.32 Å². The van der Waals surface area contributed by atoms with Gasteiger partial charge in [-0.05, 0) is 31.9 Å². The van der Waals surface area contributed by atoms with Crippen molar-refractivity contribution in [2.45, 2.75) is 24.7 Å². The second-order valence-corrected chi connectivity index (χ2v) is 7.76. The lowest BCUT2D eigenvalue weighted by atomic mass is 10.2. The molecule has 1 saturated heterocycles. The first kappa shape index (κ1) is 19.0. The monoisotopic (exact) mass is 365 g/mol. The van der Waals surface area contributed by atoms with Crippen LogP contribution in [0.3, 0.4) is 0 Å². The van der Waals surface area contributed by atoms with Gasteiger partial charge in [0, 0.05) is 19.6 Å². The van der Waals surface area contributed by atoms with Crippen LogP contribution in [0.5, 0.6) is 0 Å². The summed E-state index contributed by atoms with van der Waals surface area (Å²) in [6, 6.07) is 5.53. The van der Waals surface area contributed by atoms with Gasteiger partial charge in [-0.15, -0.1) is 6.58 Å². The van der Waals surface area contributed by atoms with E-state index in [1.165, 1.54) is 23.1 Å². The van der Waals surface area contributed by atoms with E-state index in [-0.39, 0.29) is 11.4 Å². The summed E-state index contributed by atoms with van der Waals surface area (Å²) in [5.41, 5.74) is 0.903. The van der Waals surface area contributed by atoms with Crippen molar-refractivity contribution in [3.8, 4) is 0 Å². The lowest BCUT2D eigenvalue weighted by Gasteiger charge is -2.27. The van der Waals surface area contributed by atoms with Crippen LogP contribution in [0.1, 0.15) is 18.4 Å². The highest BCUT2D eigenvalue weighted by atomic mass is 32.2. The Labute approximate surface area is 148 Å². The summed E-state index contributed by atoms with van der Waals surface area (Å²) in [6.07, 6.45) is 3.14. The fourth-order valence-corrected chi connectivity index (χ4v) is 3.87. The highest BCUT2D eigenvalue weighted by Gasteiger charge is 2.35. The third kappa shape index (κ3) is 4.60. The molecule has 8 heteroatoms. The van der Waals surface area contributed by atoms with Crippen LogP contribution in [0.25, 0.3) is 0 Å². The zero-order valence-electron chi connectivity index (χ0n) is 14.3. The maximum absolute atomic E-state index is 12.9. The normalized spacial score (nSPS) is 14.2. The Balaban J connectivity index is 2.31. The first-order valence-corrected chi connectivity index (χ1v) is 9.56. The SMILES string of the molecule is C=CCNC(=O)CN(C(=O)N1CCCC1)S(=O)(=O)c1ccc(C)cc1. The number of aryl methyl sites for hydroxylation is 1. The average Bonchev–Trinajstić information content (AvgIpc) is 3.12. The summed E-state index contributed by atoms with van der Waals surface area (Å²) in [6.45, 7) is 5.97. The Hall–Kier alpha value is -2.35. The van der Waals surface area contributed by atoms with Crippen molar-refractivity contribution in [3.63, 3.8) is 0 Å². The van der Waals surface area contributed by atoms with Gasteiger partial charge in [-0.25, -0.2) is 17.5 Å². The number of urea groups is 1. The number of likely N-dealkylation sites (tertiary alicyclic amines) is 1. The Morgan fingerprint density at radius 1 is 1.24 bits per heavy atom. The molecule has 0 bridgehead atoms. The summed E-state index contributed by atoms with van der Waals surface area (Å²) in [5, 5.41) is 2.51. The molecule has 0 unspecified atom stereocenters. The first-order chi connectivity index (χ1) is 11.9. The smallest absolute Gasteiger partial charge is 0.334 e. The van der Waals surface area contributed by atoms with Gasteiger partial charge in [0.25, 0.3) is 10.0 Å². The van der Waals surface area contributed by atoms with Crippen molar-refractivity contribution in [2.24, 2.45) is 0 Å². The molecule has 0 aromatic heterocycles. The van der Waals surface area contributed by atoms with Crippen molar-refractivity contribution in [1.82, 2.24) is 14.5 Å². The van der Waals surface area contributed by atoms with E-state index in [1.807, 2.05) is 6.92 Å². The van der Waals surface area contributed by atoms with Crippen LogP contribution >= 0.6 is 0 Å². The van der Waals surface area contributed by atoms with E-state index < -0.39 is 28.5 Å². The minimum Gasteiger partial charge on any atom is -0.351 e. The van der Waals surface area contributed by atoms with Gasteiger partial charge >= 0.3 is 6.03 Å².